The van der Waals surface area contributed by atoms with E-state index in [2.05, 4.69) is 10.4 Å². The minimum absolute atomic E-state index is 0.0916. The van der Waals surface area contributed by atoms with E-state index in [9.17, 15) is 9.90 Å². The van der Waals surface area contributed by atoms with Crippen molar-refractivity contribution < 1.29 is 9.90 Å². The van der Waals surface area contributed by atoms with Crippen LogP contribution in [-0.2, 0) is 13.5 Å². The number of amides is 1. The summed E-state index contributed by atoms with van der Waals surface area (Å²) in [5, 5.41) is 16.8. The number of nitrogens with zero attached hydrogens (tertiary/aromatic N) is 2. The van der Waals surface area contributed by atoms with Gasteiger partial charge in [0.1, 0.15) is 0 Å². The summed E-state index contributed by atoms with van der Waals surface area (Å²) in [6, 6.07) is 7.44. The van der Waals surface area contributed by atoms with Crippen LogP contribution in [0, 0.1) is 0 Å². The summed E-state index contributed by atoms with van der Waals surface area (Å²) < 4.78 is 1.72. The highest BCUT2D eigenvalue weighted by atomic mass is 16.3. The van der Waals surface area contributed by atoms with Crippen LogP contribution < -0.4 is 5.32 Å². The lowest BCUT2D eigenvalue weighted by atomic mass is 9.98. The first-order valence-electron chi connectivity index (χ1n) is 7.85. The van der Waals surface area contributed by atoms with E-state index in [1.165, 1.54) is 0 Å². The number of carbonyl (C=O) groups excluding carboxylic acids is 1. The Kier molecular flexibility index (Phi) is 5.21. The van der Waals surface area contributed by atoms with Crippen molar-refractivity contribution in [3.63, 3.8) is 0 Å². The first-order valence-corrected chi connectivity index (χ1v) is 7.85. The average molecular weight is 315 g/mol. The molecule has 23 heavy (non-hydrogen) atoms. The molecule has 5 nitrogen and oxygen atoms in total. The van der Waals surface area contributed by atoms with E-state index < -0.39 is 5.60 Å². The number of aliphatic hydroxyl groups is 1. The molecular formula is C18H25N3O2. The van der Waals surface area contributed by atoms with Crippen molar-refractivity contribution in [2.24, 2.45) is 7.05 Å². The molecule has 0 bridgehead atoms. The third-order valence-corrected chi connectivity index (χ3v) is 3.81. The largest absolute Gasteiger partial charge is 0.390 e. The van der Waals surface area contributed by atoms with E-state index in [1.54, 1.807) is 24.7 Å². The monoisotopic (exact) mass is 315 g/mol. The minimum atomic E-state index is -0.671. The number of nitrogens with one attached hydrogen (secondary N) is 1. The molecule has 0 saturated carbocycles. The van der Waals surface area contributed by atoms with Gasteiger partial charge in [-0.3, -0.25) is 9.48 Å². The predicted molar refractivity (Wildman–Crippen MR) is 90.2 cm³/mol. The van der Waals surface area contributed by atoms with Crippen LogP contribution in [0.25, 0.3) is 0 Å². The number of benzene rings is 1. The normalized spacial score (nSPS) is 12.9. The van der Waals surface area contributed by atoms with Crippen molar-refractivity contribution >= 4 is 5.91 Å². The van der Waals surface area contributed by atoms with Crippen LogP contribution in [0.1, 0.15) is 54.7 Å². The molecule has 0 aliphatic carbocycles. The molecule has 0 aliphatic rings. The first-order chi connectivity index (χ1) is 10.7. The number of aromatic nitrogens is 2. The van der Waals surface area contributed by atoms with Crippen molar-refractivity contribution in [1.82, 2.24) is 15.1 Å². The quantitative estimate of drug-likeness (QED) is 0.861. The van der Waals surface area contributed by atoms with E-state index in [1.807, 2.05) is 44.4 Å². The van der Waals surface area contributed by atoms with Crippen molar-refractivity contribution in [1.29, 1.82) is 0 Å². The SMILES string of the molecule is CC(NC(=O)c1ccc(CCC(C)(C)O)cc1)c1cnn(C)c1. The van der Waals surface area contributed by atoms with Crippen LogP contribution >= 0.6 is 0 Å². The van der Waals surface area contributed by atoms with Gasteiger partial charge in [-0.05, 0) is 51.3 Å². The molecule has 0 spiro atoms. The highest BCUT2D eigenvalue weighted by Gasteiger charge is 2.14. The Morgan fingerprint density at radius 1 is 1.35 bits per heavy atom. The van der Waals surface area contributed by atoms with Crippen molar-refractivity contribution in [2.45, 2.75) is 45.3 Å². The molecule has 0 fully saturated rings. The fraction of sp³-hybridized carbons (Fsp3) is 0.444. The Hall–Kier alpha value is -2.14. The van der Waals surface area contributed by atoms with Crippen molar-refractivity contribution in [2.75, 3.05) is 0 Å². The second-order valence-electron chi connectivity index (χ2n) is 6.65. The molecule has 2 aromatic rings. The molecule has 0 aliphatic heterocycles. The Morgan fingerprint density at radius 2 is 2.00 bits per heavy atom. The molecular weight excluding hydrogens is 290 g/mol. The van der Waals surface area contributed by atoms with Gasteiger partial charge in [0.05, 0.1) is 17.8 Å². The fourth-order valence-corrected chi connectivity index (χ4v) is 2.30. The maximum atomic E-state index is 12.3. The molecule has 124 valence electrons. The Morgan fingerprint density at radius 3 is 2.52 bits per heavy atom. The van der Waals surface area contributed by atoms with Gasteiger partial charge >= 0.3 is 0 Å². The third kappa shape index (κ3) is 5.21. The number of hydrogen-bond acceptors (Lipinski definition) is 3. The summed E-state index contributed by atoms with van der Waals surface area (Å²) in [5.41, 5.74) is 2.05. The lowest BCUT2D eigenvalue weighted by Crippen LogP contribution is -2.26. The van der Waals surface area contributed by atoms with Crippen molar-refractivity contribution in [3.8, 4) is 0 Å². The number of carbonyl (C=O) groups is 1. The molecule has 1 aromatic heterocycles. The highest BCUT2D eigenvalue weighted by Crippen LogP contribution is 2.15. The summed E-state index contributed by atoms with van der Waals surface area (Å²) in [6.07, 6.45) is 5.13. The topological polar surface area (TPSA) is 67.2 Å². The lowest BCUT2D eigenvalue weighted by Gasteiger charge is -2.16. The highest BCUT2D eigenvalue weighted by molar-refractivity contribution is 5.94. The van der Waals surface area contributed by atoms with Gasteiger partial charge in [-0.15, -0.1) is 0 Å². The molecule has 1 amide bonds. The first kappa shape index (κ1) is 17.2. The van der Waals surface area contributed by atoms with Crippen LogP contribution in [0.4, 0.5) is 0 Å². The standard InChI is InChI=1S/C18H25N3O2/c1-13(16-11-19-21(4)12-16)20-17(22)15-7-5-14(6-8-15)9-10-18(2,3)23/h5-8,11-13,23H,9-10H2,1-4H3,(H,20,22). The van der Waals surface area contributed by atoms with Gasteiger partial charge in [-0.25, -0.2) is 0 Å². The van der Waals surface area contributed by atoms with E-state index in [0.29, 0.717) is 12.0 Å². The van der Waals surface area contributed by atoms with E-state index in [-0.39, 0.29) is 11.9 Å². The van der Waals surface area contributed by atoms with Crippen LogP contribution in [0.15, 0.2) is 36.7 Å². The van der Waals surface area contributed by atoms with Gasteiger partial charge < -0.3 is 10.4 Å². The van der Waals surface area contributed by atoms with Crippen LogP contribution in [0.3, 0.4) is 0 Å². The van der Waals surface area contributed by atoms with Gasteiger partial charge in [0.15, 0.2) is 0 Å². The number of aryl methyl sites for hydroxylation is 2. The molecule has 1 aromatic carbocycles. The summed E-state index contributed by atoms with van der Waals surface area (Å²) in [4.78, 5) is 12.3. The second kappa shape index (κ2) is 6.96. The average Bonchev–Trinajstić information content (AvgIpc) is 2.91. The molecule has 5 heteroatoms. The molecule has 0 saturated heterocycles. The van der Waals surface area contributed by atoms with Crippen LogP contribution in [0.2, 0.25) is 0 Å². The van der Waals surface area contributed by atoms with Gasteiger partial charge in [0, 0.05) is 24.4 Å². The summed E-state index contributed by atoms with van der Waals surface area (Å²) in [7, 11) is 1.85. The Bertz CT molecular complexity index is 654. The molecule has 1 atom stereocenters. The Labute approximate surface area is 137 Å². The summed E-state index contributed by atoms with van der Waals surface area (Å²) >= 11 is 0. The van der Waals surface area contributed by atoms with Crippen LogP contribution in [-0.4, -0.2) is 26.4 Å². The van der Waals surface area contributed by atoms with Crippen molar-refractivity contribution in [3.05, 3.63) is 53.3 Å². The third-order valence-electron chi connectivity index (χ3n) is 3.81. The number of hydrogen-bond donors (Lipinski definition) is 2. The zero-order valence-corrected chi connectivity index (χ0v) is 14.2. The molecule has 1 unspecified atom stereocenters. The molecule has 2 N–H and O–H groups in total. The molecule has 0 radical (unpaired) electrons. The van der Waals surface area contributed by atoms with Gasteiger partial charge in [0.25, 0.3) is 5.91 Å². The minimum Gasteiger partial charge on any atom is -0.390 e. The maximum Gasteiger partial charge on any atom is 0.251 e. The predicted octanol–water partition coefficient (Wildman–Crippen LogP) is 2.61. The van der Waals surface area contributed by atoms with Crippen LogP contribution in [0.5, 0.6) is 0 Å². The molecule has 1 heterocycles. The maximum absolute atomic E-state index is 12.3. The fourth-order valence-electron chi connectivity index (χ4n) is 2.30. The van der Waals surface area contributed by atoms with E-state index in [0.717, 1.165) is 17.5 Å². The number of rotatable bonds is 6. The zero-order chi connectivity index (χ0) is 17.0. The smallest absolute Gasteiger partial charge is 0.251 e. The molecule has 2 rings (SSSR count). The second-order valence-corrected chi connectivity index (χ2v) is 6.65. The Balaban J connectivity index is 1.94. The zero-order valence-electron chi connectivity index (χ0n) is 14.2. The van der Waals surface area contributed by atoms with Gasteiger partial charge in [-0.2, -0.15) is 5.10 Å². The van der Waals surface area contributed by atoms with Gasteiger partial charge in [0.2, 0.25) is 0 Å². The van der Waals surface area contributed by atoms with Gasteiger partial charge in [-0.1, -0.05) is 12.1 Å². The summed E-state index contributed by atoms with van der Waals surface area (Å²) in [5.74, 6) is -0.101. The summed E-state index contributed by atoms with van der Waals surface area (Å²) in [6.45, 7) is 5.54. The van der Waals surface area contributed by atoms with E-state index in [4.69, 9.17) is 0 Å². The lowest BCUT2D eigenvalue weighted by molar-refractivity contribution is 0.0713. The van der Waals surface area contributed by atoms with E-state index >= 15 is 0 Å².